The summed E-state index contributed by atoms with van der Waals surface area (Å²) in [6.07, 6.45) is 4.95. The van der Waals surface area contributed by atoms with E-state index in [9.17, 15) is 0 Å². The van der Waals surface area contributed by atoms with Crippen molar-refractivity contribution in [3.05, 3.63) is 47.8 Å². The molecule has 1 aromatic carbocycles. The van der Waals surface area contributed by atoms with E-state index in [4.69, 9.17) is 9.47 Å². The summed E-state index contributed by atoms with van der Waals surface area (Å²) in [4.78, 5) is 2.25. The Morgan fingerprint density at radius 2 is 1.93 bits per heavy atom. The van der Waals surface area contributed by atoms with Gasteiger partial charge in [0.15, 0.2) is 0 Å². The quantitative estimate of drug-likeness (QED) is 0.747. The molecular weight excluding hydrogens is 354 g/mol. The third-order valence-electron chi connectivity index (χ3n) is 6.02. The normalized spacial score (nSPS) is 29.5. The fourth-order valence-electron chi connectivity index (χ4n) is 4.30. The maximum atomic E-state index is 6.09. The molecule has 5 rings (SSSR count). The van der Waals surface area contributed by atoms with Gasteiger partial charge in [0, 0.05) is 13.1 Å². The smallest absolute Gasteiger partial charge is 0.110 e. The minimum Gasteiger partial charge on any atom is -0.371 e. The molecule has 2 aliphatic heterocycles. The van der Waals surface area contributed by atoms with Crippen LogP contribution in [0.15, 0.2) is 36.5 Å². The number of fused-ring (bicyclic) bond motifs is 1. The van der Waals surface area contributed by atoms with Crippen molar-refractivity contribution >= 4 is 0 Å². The van der Waals surface area contributed by atoms with Gasteiger partial charge in [-0.3, -0.25) is 4.90 Å². The highest BCUT2D eigenvalue weighted by atomic mass is 16.6. The molecule has 0 radical (unpaired) electrons. The van der Waals surface area contributed by atoms with E-state index in [0.29, 0.717) is 12.6 Å². The van der Waals surface area contributed by atoms with Crippen LogP contribution in [-0.2, 0) is 22.6 Å². The molecule has 0 bridgehead atoms. The zero-order valence-corrected chi connectivity index (χ0v) is 16.4. The summed E-state index contributed by atoms with van der Waals surface area (Å²) in [5, 5.41) is 12.4. The molecular formula is C21H29N5O2. The van der Waals surface area contributed by atoms with Crippen LogP contribution in [-0.4, -0.2) is 64.9 Å². The molecule has 1 aromatic heterocycles. The standard InChI is InChI=1S/C21H29N5O2/c1-25(10-16-5-3-2-4-6-16)11-17-12-26(24-23-17)19-14-28-20-18(13-27-21(19)20)22-9-15-7-8-15/h2-6,12,15,18-22H,7-11,13-14H2,1H3/t18-,19-,20+,21+/m0/s1. The molecule has 4 atom stereocenters. The van der Waals surface area contributed by atoms with Crippen molar-refractivity contribution in [3.63, 3.8) is 0 Å². The third kappa shape index (κ3) is 3.98. The Kier molecular flexibility index (Phi) is 5.15. The Bertz CT molecular complexity index is 778. The first-order valence-corrected chi connectivity index (χ1v) is 10.4. The van der Waals surface area contributed by atoms with Gasteiger partial charge in [0.2, 0.25) is 0 Å². The monoisotopic (exact) mass is 383 g/mol. The van der Waals surface area contributed by atoms with Gasteiger partial charge in [-0.05, 0) is 37.9 Å². The van der Waals surface area contributed by atoms with Gasteiger partial charge < -0.3 is 14.8 Å². The average molecular weight is 383 g/mol. The van der Waals surface area contributed by atoms with Crippen molar-refractivity contribution in [2.45, 2.75) is 50.2 Å². The van der Waals surface area contributed by atoms with E-state index in [1.807, 2.05) is 16.9 Å². The van der Waals surface area contributed by atoms with Gasteiger partial charge in [-0.15, -0.1) is 5.10 Å². The number of nitrogens with one attached hydrogen (secondary N) is 1. The lowest BCUT2D eigenvalue weighted by molar-refractivity contribution is 0.0620. The molecule has 1 N–H and O–H groups in total. The first-order valence-electron chi connectivity index (χ1n) is 10.4. The molecule has 3 aliphatic rings. The number of ether oxygens (including phenoxy) is 2. The zero-order valence-electron chi connectivity index (χ0n) is 16.4. The molecule has 3 heterocycles. The van der Waals surface area contributed by atoms with E-state index in [2.05, 4.69) is 51.8 Å². The van der Waals surface area contributed by atoms with Crippen molar-refractivity contribution < 1.29 is 9.47 Å². The highest BCUT2D eigenvalue weighted by Gasteiger charge is 2.49. The molecule has 0 unspecified atom stereocenters. The third-order valence-corrected chi connectivity index (χ3v) is 6.02. The molecule has 0 spiro atoms. The number of rotatable bonds is 8. The number of nitrogens with zero attached hydrogens (tertiary/aromatic N) is 4. The molecule has 7 nitrogen and oxygen atoms in total. The summed E-state index contributed by atoms with van der Waals surface area (Å²) in [5.41, 5.74) is 2.27. The van der Waals surface area contributed by atoms with Crippen LogP contribution in [0.4, 0.5) is 0 Å². The van der Waals surface area contributed by atoms with Gasteiger partial charge in [0.1, 0.15) is 18.2 Å². The summed E-state index contributed by atoms with van der Waals surface area (Å²) >= 11 is 0. The zero-order chi connectivity index (χ0) is 18.9. The number of hydrogen-bond donors (Lipinski definition) is 1. The molecule has 2 aromatic rings. The minimum atomic E-state index is 0.0632. The second-order valence-electron chi connectivity index (χ2n) is 8.47. The van der Waals surface area contributed by atoms with Crippen LogP contribution < -0.4 is 5.32 Å². The Morgan fingerprint density at radius 3 is 2.75 bits per heavy atom. The largest absolute Gasteiger partial charge is 0.371 e. The van der Waals surface area contributed by atoms with Crippen molar-refractivity contribution in [1.29, 1.82) is 0 Å². The van der Waals surface area contributed by atoms with Crippen LogP contribution in [0.3, 0.4) is 0 Å². The number of aromatic nitrogens is 3. The van der Waals surface area contributed by atoms with E-state index < -0.39 is 0 Å². The van der Waals surface area contributed by atoms with E-state index in [1.54, 1.807) is 0 Å². The Morgan fingerprint density at radius 1 is 1.11 bits per heavy atom. The van der Waals surface area contributed by atoms with Gasteiger partial charge in [0.05, 0.1) is 31.1 Å². The predicted molar refractivity (Wildman–Crippen MR) is 105 cm³/mol. The van der Waals surface area contributed by atoms with Crippen molar-refractivity contribution in [3.8, 4) is 0 Å². The topological polar surface area (TPSA) is 64.4 Å². The Balaban J connectivity index is 1.17. The Hall–Kier alpha value is -1.80. The van der Waals surface area contributed by atoms with Crippen molar-refractivity contribution in [2.75, 3.05) is 26.8 Å². The molecule has 0 amide bonds. The number of benzene rings is 1. The average Bonchev–Trinajstić information content (AvgIpc) is 3.08. The lowest BCUT2D eigenvalue weighted by Gasteiger charge is -2.17. The van der Waals surface area contributed by atoms with Gasteiger partial charge >= 0.3 is 0 Å². The van der Waals surface area contributed by atoms with Crippen molar-refractivity contribution in [1.82, 2.24) is 25.2 Å². The van der Waals surface area contributed by atoms with Crippen LogP contribution in [0.2, 0.25) is 0 Å². The number of hydrogen-bond acceptors (Lipinski definition) is 6. The SMILES string of the molecule is CN(Cc1ccccc1)Cc1cn([C@H]2CO[C@H]3[C@@H]2OC[C@@H]3NCC2CC2)nn1. The van der Waals surface area contributed by atoms with E-state index in [-0.39, 0.29) is 18.2 Å². The maximum Gasteiger partial charge on any atom is 0.110 e. The van der Waals surface area contributed by atoms with E-state index in [1.165, 1.54) is 18.4 Å². The minimum absolute atomic E-state index is 0.0632. The summed E-state index contributed by atoms with van der Waals surface area (Å²) in [6, 6.07) is 10.9. The Labute approximate surface area is 166 Å². The van der Waals surface area contributed by atoms with Crippen LogP contribution in [0.5, 0.6) is 0 Å². The lowest BCUT2D eigenvalue weighted by Crippen LogP contribution is -2.41. The predicted octanol–water partition coefficient (Wildman–Crippen LogP) is 1.62. The highest BCUT2D eigenvalue weighted by Crippen LogP contribution is 2.35. The van der Waals surface area contributed by atoms with E-state index >= 15 is 0 Å². The summed E-state index contributed by atoms with van der Waals surface area (Å²) in [7, 11) is 2.11. The van der Waals surface area contributed by atoms with Gasteiger partial charge in [-0.2, -0.15) is 0 Å². The van der Waals surface area contributed by atoms with Crippen LogP contribution in [0.1, 0.15) is 30.1 Å². The molecule has 7 heteroatoms. The molecule has 1 aliphatic carbocycles. The summed E-state index contributed by atoms with van der Waals surface area (Å²) in [5.74, 6) is 0.863. The molecule has 1 saturated carbocycles. The summed E-state index contributed by atoms with van der Waals surface area (Å²) < 4.78 is 14.1. The fraction of sp³-hybridized carbons (Fsp3) is 0.619. The first kappa shape index (κ1) is 18.2. The highest BCUT2D eigenvalue weighted by molar-refractivity contribution is 5.14. The van der Waals surface area contributed by atoms with Gasteiger partial charge in [-0.25, -0.2) is 4.68 Å². The van der Waals surface area contributed by atoms with Crippen LogP contribution in [0, 0.1) is 5.92 Å². The van der Waals surface area contributed by atoms with Crippen LogP contribution in [0.25, 0.3) is 0 Å². The maximum absolute atomic E-state index is 6.09. The van der Waals surface area contributed by atoms with E-state index in [0.717, 1.165) is 37.9 Å². The molecule has 28 heavy (non-hydrogen) atoms. The molecule has 2 saturated heterocycles. The van der Waals surface area contributed by atoms with Crippen molar-refractivity contribution in [2.24, 2.45) is 5.92 Å². The molecule has 150 valence electrons. The molecule has 3 fully saturated rings. The second-order valence-corrected chi connectivity index (χ2v) is 8.47. The van der Waals surface area contributed by atoms with Gasteiger partial charge in [-0.1, -0.05) is 35.5 Å². The lowest BCUT2D eigenvalue weighted by atomic mass is 10.1. The fourth-order valence-corrected chi connectivity index (χ4v) is 4.30. The van der Waals surface area contributed by atoms with Crippen LogP contribution >= 0.6 is 0 Å². The summed E-state index contributed by atoms with van der Waals surface area (Å²) in [6.45, 7) is 4.11. The second kappa shape index (κ2) is 7.91. The van der Waals surface area contributed by atoms with Gasteiger partial charge in [0.25, 0.3) is 0 Å². The first-order chi connectivity index (χ1) is 13.8.